The molecule has 0 spiro atoms. The summed E-state index contributed by atoms with van der Waals surface area (Å²) >= 11 is 0. The van der Waals surface area contributed by atoms with Crippen LogP contribution in [0.1, 0.15) is 37.9 Å². The number of halogens is 2. The summed E-state index contributed by atoms with van der Waals surface area (Å²) in [6.45, 7) is 6.45. The van der Waals surface area contributed by atoms with E-state index in [1.807, 2.05) is 0 Å². The normalized spacial score (nSPS) is 12.9. The van der Waals surface area contributed by atoms with E-state index in [0.717, 1.165) is 6.07 Å². The molecule has 0 fully saturated rings. The molecule has 0 aliphatic heterocycles. The van der Waals surface area contributed by atoms with Gasteiger partial charge in [-0.3, -0.25) is 0 Å². The van der Waals surface area contributed by atoms with E-state index >= 15 is 0 Å². The fourth-order valence-corrected chi connectivity index (χ4v) is 1.70. The Morgan fingerprint density at radius 1 is 1.40 bits per heavy atom. The summed E-state index contributed by atoms with van der Waals surface area (Å²) < 4.78 is 32.8. The van der Waals surface area contributed by atoms with E-state index in [0.29, 0.717) is 0 Å². The van der Waals surface area contributed by atoms with Crippen molar-refractivity contribution in [3.63, 3.8) is 0 Å². The molecule has 0 aliphatic carbocycles. The first-order valence-corrected chi connectivity index (χ1v) is 6.29. The number of ether oxygens (including phenoxy) is 1. The van der Waals surface area contributed by atoms with Gasteiger partial charge in [0, 0.05) is 12.1 Å². The van der Waals surface area contributed by atoms with Crippen LogP contribution < -0.4 is 11.1 Å². The van der Waals surface area contributed by atoms with Crippen LogP contribution in [0, 0.1) is 18.6 Å². The Morgan fingerprint density at radius 3 is 2.50 bits per heavy atom. The molecule has 0 aliphatic rings. The summed E-state index contributed by atoms with van der Waals surface area (Å²) in [6, 6.07) is 1.49. The van der Waals surface area contributed by atoms with E-state index in [1.165, 1.54) is 13.0 Å². The summed E-state index contributed by atoms with van der Waals surface area (Å²) in [7, 11) is 0. The summed E-state index contributed by atoms with van der Waals surface area (Å²) in [6.07, 6.45) is -0.770. The van der Waals surface area contributed by atoms with Crippen molar-refractivity contribution < 1.29 is 18.3 Å². The molecule has 1 aromatic carbocycles. The van der Waals surface area contributed by atoms with E-state index in [-0.39, 0.29) is 17.7 Å². The second-order valence-electron chi connectivity index (χ2n) is 5.53. The van der Waals surface area contributed by atoms with Crippen molar-refractivity contribution in [3.05, 3.63) is 34.9 Å². The number of carbonyl (C=O) groups is 1. The second-order valence-corrected chi connectivity index (χ2v) is 5.53. The molecule has 1 aromatic rings. The quantitative estimate of drug-likeness (QED) is 0.898. The average molecular weight is 286 g/mol. The van der Waals surface area contributed by atoms with E-state index in [4.69, 9.17) is 10.5 Å². The molecular weight excluding hydrogens is 266 g/mol. The maximum atomic E-state index is 14.0. The van der Waals surface area contributed by atoms with Crippen LogP contribution in [0.3, 0.4) is 0 Å². The summed E-state index contributed by atoms with van der Waals surface area (Å²) in [5, 5.41) is 2.38. The third-order valence-electron chi connectivity index (χ3n) is 2.59. The van der Waals surface area contributed by atoms with Crippen LogP contribution in [-0.2, 0) is 4.74 Å². The molecule has 4 nitrogen and oxygen atoms in total. The van der Waals surface area contributed by atoms with Gasteiger partial charge in [0.05, 0.1) is 6.04 Å². The van der Waals surface area contributed by atoms with E-state index < -0.39 is 29.4 Å². The zero-order valence-electron chi connectivity index (χ0n) is 12.1. The largest absolute Gasteiger partial charge is 0.444 e. The Labute approximate surface area is 117 Å². The Balaban J connectivity index is 2.98. The third kappa shape index (κ3) is 4.16. The summed E-state index contributed by atoms with van der Waals surface area (Å²) in [5.74, 6) is -1.46. The van der Waals surface area contributed by atoms with E-state index in [1.54, 1.807) is 20.8 Å². The highest BCUT2D eigenvalue weighted by atomic mass is 19.1. The van der Waals surface area contributed by atoms with Crippen molar-refractivity contribution in [1.29, 1.82) is 0 Å². The highest BCUT2D eigenvalue weighted by molar-refractivity contribution is 5.68. The molecule has 112 valence electrons. The number of hydrogen-bond donors (Lipinski definition) is 2. The standard InChI is InChI=1S/C14H20F2N2O2/c1-8-5-6-9(15)11(12(8)16)10(7-17)18-13(19)20-14(2,3)4/h5-6,10H,7,17H2,1-4H3,(H,18,19). The van der Waals surface area contributed by atoms with Gasteiger partial charge in [-0.1, -0.05) is 6.07 Å². The van der Waals surface area contributed by atoms with Gasteiger partial charge in [0.1, 0.15) is 17.2 Å². The first-order chi connectivity index (χ1) is 9.15. The number of hydrogen-bond acceptors (Lipinski definition) is 3. The lowest BCUT2D eigenvalue weighted by Gasteiger charge is -2.24. The van der Waals surface area contributed by atoms with Gasteiger partial charge in [0.15, 0.2) is 0 Å². The predicted octanol–water partition coefficient (Wildman–Crippen LogP) is 2.80. The number of nitrogens with two attached hydrogens (primary N) is 1. The van der Waals surface area contributed by atoms with E-state index in [2.05, 4.69) is 5.32 Å². The number of benzene rings is 1. The number of aryl methyl sites for hydroxylation is 1. The zero-order valence-corrected chi connectivity index (χ0v) is 12.1. The van der Waals surface area contributed by atoms with Gasteiger partial charge in [0.2, 0.25) is 0 Å². The van der Waals surface area contributed by atoms with Gasteiger partial charge in [-0.2, -0.15) is 0 Å². The summed E-state index contributed by atoms with van der Waals surface area (Å²) in [4.78, 5) is 11.7. The maximum absolute atomic E-state index is 14.0. The van der Waals surface area contributed by atoms with Crippen molar-refractivity contribution in [1.82, 2.24) is 5.32 Å². The molecule has 3 N–H and O–H groups in total. The van der Waals surface area contributed by atoms with Gasteiger partial charge in [-0.15, -0.1) is 0 Å². The number of carbonyl (C=O) groups excluding carboxylic acids is 1. The van der Waals surface area contributed by atoms with Crippen LogP contribution in [0.5, 0.6) is 0 Å². The van der Waals surface area contributed by atoms with Crippen LogP contribution in [-0.4, -0.2) is 18.2 Å². The first kappa shape index (κ1) is 16.4. The molecule has 1 atom stereocenters. The van der Waals surface area contributed by atoms with Crippen LogP contribution in [0.2, 0.25) is 0 Å². The Hall–Kier alpha value is -1.69. The molecule has 20 heavy (non-hydrogen) atoms. The van der Waals surface area contributed by atoms with Crippen molar-refractivity contribution in [2.24, 2.45) is 5.73 Å². The van der Waals surface area contributed by atoms with E-state index in [9.17, 15) is 13.6 Å². The molecule has 0 radical (unpaired) electrons. The molecule has 0 saturated carbocycles. The molecular formula is C14H20F2N2O2. The molecule has 0 aromatic heterocycles. The van der Waals surface area contributed by atoms with Gasteiger partial charge in [-0.05, 0) is 39.3 Å². The Bertz CT molecular complexity index is 499. The highest BCUT2D eigenvalue weighted by Crippen LogP contribution is 2.23. The number of rotatable bonds is 3. The van der Waals surface area contributed by atoms with Crippen molar-refractivity contribution >= 4 is 6.09 Å². The number of nitrogens with one attached hydrogen (secondary N) is 1. The topological polar surface area (TPSA) is 64.3 Å². The zero-order chi connectivity index (χ0) is 15.5. The van der Waals surface area contributed by atoms with Gasteiger partial charge >= 0.3 is 6.09 Å². The predicted molar refractivity (Wildman–Crippen MR) is 72.3 cm³/mol. The molecule has 0 saturated heterocycles. The molecule has 6 heteroatoms. The van der Waals surface area contributed by atoms with Crippen molar-refractivity contribution in [3.8, 4) is 0 Å². The minimum Gasteiger partial charge on any atom is -0.444 e. The Kier molecular flexibility index (Phi) is 5.05. The van der Waals surface area contributed by atoms with Crippen molar-refractivity contribution in [2.45, 2.75) is 39.3 Å². The van der Waals surface area contributed by atoms with Gasteiger partial charge in [-0.25, -0.2) is 13.6 Å². The molecule has 0 heterocycles. The minimum absolute atomic E-state index is 0.142. The number of alkyl carbamates (subject to hydrolysis) is 1. The lowest BCUT2D eigenvalue weighted by atomic mass is 10.0. The third-order valence-corrected chi connectivity index (χ3v) is 2.59. The fraction of sp³-hybridized carbons (Fsp3) is 0.500. The fourth-order valence-electron chi connectivity index (χ4n) is 1.70. The molecule has 1 amide bonds. The van der Waals surface area contributed by atoms with Crippen LogP contribution in [0.4, 0.5) is 13.6 Å². The smallest absolute Gasteiger partial charge is 0.408 e. The van der Waals surface area contributed by atoms with Crippen LogP contribution >= 0.6 is 0 Å². The monoisotopic (exact) mass is 286 g/mol. The van der Waals surface area contributed by atoms with Gasteiger partial charge < -0.3 is 15.8 Å². The first-order valence-electron chi connectivity index (χ1n) is 6.29. The second kappa shape index (κ2) is 6.17. The van der Waals surface area contributed by atoms with Crippen molar-refractivity contribution in [2.75, 3.05) is 6.54 Å². The Morgan fingerprint density at radius 2 is 2.00 bits per heavy atom. The lowest BCUT2D eigenvalue weighted by molar-refractivity contribution is 0.0503. The highest BCUT2D eigenvalue weighted by Gasteiger charge is 2.24. The summed E-state index contributed by atoms with van der Waals surface area (Å²) in [5.41, 5.74) is 4.83. The molecule has 1 unspecified atom stereocenters. The van der Waals surface area contributed by atoms with Gasteiger partial charge in [0.25, 0.3) is 0 Å². The lowest BCUT2D eigenvalue weighted by Crippen LogP contribution is -2.38. The minimum atomic E-state index is -0.982. The van der Waals surface area contributed by atoms with Crippen LogP contribution in [0.15, 0.2) is 12.1 Å². The average Bonchev–Trinajstić information content (AvgIpc) is 2.30. The molecule has 1 rings (SSSR count). The molecule has 0 bridgehead atoms. The number of amides is 1. The SMILES string of the molecule is Cc1ccc(F)c(C(CN)NC(=O)OC(C)(C)C)c1F. The van der Waals surface area contributed by atoms with Crippen LogP contribution in [0.25, 0.3) is 0 Å². The maximum Gasteiger partial charge on any atom is 0.408 e.